The Morgan fingerprint density at radius 1 is 1.04 bits per heavy atom. The number of rotatable bonds is 3. The third-order valence-corrected chi connectivity index (χ3v) is 5.24. The molecule has 5 nitrogen and oxygen atoms in total. The molecule has 6 heteroatoms. The van der Waals surface area contributed by atoms with Crippen LogP contribution in [0.1, 0.15) is 11.1 Å². The van der Waals surface area contributed by atoms with Gasteiger partial charge < -0.3 is 10.2 Å². The molecule has 0 unspecified atom stereocenters. The monoisotopic (exact) mass is 373 g/mol. The number of halogens is 1. The maximum Gasteiger partial charge on any atom is 0.245 e. The Kier molecular flexibility index (Phi) is 4.06. The van der Waals surface area contributed by atoms with E-state index in [0.717, 1.165) is 41.8 Å². The third-order valence-electron chi connectivity index (χ3n) is 5.24. The summed E-state index contributed by atoms with van der Waals surface area (Å²) in [5.74, 6) is 0.295. The second-order valence-corrected chi connectivity index (χ2v) is 7.24. The van der Waals surface area contributed by atoms with Crippen molar-refractivity contribution in [3.05, 3.63) is 77.9 Å². The Morgan fingerprint density at radius 2 is 1.89 bits per heavy atom. The Hall–Kier alpha value is -3.25. The fraction of sp³-hybridized carbons (Fsp3) is 0.182. The number of hydrogen-bond donors (Lipinski definition) is 1. The Morgan fingerprint density at radius 3 is 2.75 bits per heavy atom. The second kappa shape index (κ2) is 6.73. The van der Waals surface area contributed by atoms with E-state index in [-0.39, 0.29) is 5.82 Å². The summed E-state index contributed by atoms with van der Waals surface area (Å²) >= 11 is 0. The van der Waals surface area contributed by atoms with E-state index in [2.05, 4.69) is 45.5 Å². The molecule has 0 aliphatic carbocycles. The van der Waals surface area contributed by atoms with Crippen LogP contribution in [-0.4, -0.2) is 33.1 Å². The number of nitrogens with one attached hydrogen (secondary N) is 1. The highest BCUT2D eigenvalue weighted by Gasteiger charge is 2.14. The molecule has 0 saturated carbocycles. The van der Waals surface area contributed by atoms with Gasteiger partial charge in [-0.05, 0) is 60.5 Å². The molecule has 0 saturated heterocycles. The summed E-state index contributed by atoms with van der Waals surface area (Å²) in [5, 5.41) is 7.88. The van der Waals surface area contributed by atoms with Crippen LogP contribution in [0.4, 0.5) is 16.0 Å². The van der Waals surface area contributed by atoms with Gasteiger partial charge in [0, 0.05) is 30.5 Å². The van der Waals surface area contributed by atoms with Crippen LogP contribution in [0.15, 0.2) is 60.9 Å². The highest BCUT2D eigenvalue weighted by atomic mass is 19.1. The summed E-state index contributed by atoms with van der Waals surface area (Å²) in [6.07, 6.45) is 4.77. The number of anilines is 2. The molecule has 5 rings (SSSR count). The molecular weight excluding hydrogens is 353 g/mol. The predicted molar refractivity (Wildman–Crippen MR) is 108 cm³/mol. The summed E-state index contributed by atoms with van der Waals surface area (Å²) in [6.45, 7) is 2.06. The van der Waals surface area contributed by atoms with Crippen LogP contribution in [0.5, 0.6) is 0 Å². The van der Waals surface area contributed by atoms with Gasteiger partial charge in [0.2, 0.25) is 5.95 Å². The van der Waals surface area contributed by atoms with Gasteiger partial charge in [0.15, 0.2) is 0 Å². The topological polar surface area (TPSA) is 45.5 Å². The lowest BCUT2D eigenvalue weighted by atomic mass is 9.99. The van der Waals surface area contributed by atoms with Gasteiger partial charge in [-0.1, -0.05) is 18.2 Å². The molecule has 2 aromatic heterocycles. The van der Waals surface area contributed by atoms with Crippen molar-refractivity contribution in [1.82, 2.24) is 19.5 Å². The zero-order chi connectivity index (χ0) is 19.1. The van der Waals surface area contributed by atoms with E-state index in [9.17, 15) is 4.39 Å². The summed E-state index contributed by atoms with van der Waals surface area (Å²) < 4.78 is 15.0. The van der Waals surface area contributed by atoms with Crippen LogP contribution in [0.3, 0.4) is 0 Å². The van der Waals surface area contributed by atoms with Gasteiger partial charge in [0.25, 0.3) is 0 Å². The van der Waals surface area contributed by atoms with Gasteiger partial charge in [-0.2, -0.15) is 0 Å². The average molecular weight is 373 g/mol. The molecule has 3 heterocycles. The SMILES string of the molecule is CN1CCc2ccc(Nc3ncc4c(-c5ccc(F)cc5)ccn4n3)cc2C1. The van der Waals surface area contributed by atoms with Gasteiger partial charge in [0.05, 0.1) is 11.7 Å². The summed E-state index contributed by atoms with van der Waals surface area (Å²) in [5.41, 5.74) is 6.53. The van der Waals surface area contributed by atoms with Gasteiger partial charge >= 0.3 is 0 Å². The van der Waals surface area contributed by atoms with Crippen LogP contribution in [0.25, 0.3) is 16.6 Å². The van der Waals surface area contributed by atoms with E-state index in [1.807, 2.05) is 12.3 Å². The minimum absolute atomic E-state index is 0.244. The van der Waals surface area contributed by atoms with Crippen LogP contribution < -0.4 is 5.32 Å². The Bertz CT molecular complexity index is 1150. The van der Waals surface area contributed by atoms with Crippen molar-refractivity contribution in [3.63, 3.8) is 0 Å². The number of benzene rings is 2. The van der Waals surface area contributed by atoms with E-state index in [4.69, 9.17) is 0 Å². The third kappa shape index (κ3) is 3.12. The van der Waals surface area contributed by atoms with Crippen molar-refractivity contribution in [1.29, 1.82) is 0 Å². The minimum atomic E-state index is -0.244. The number of aromatic nitrogens is 3. The number of fused-ring (bicyclic) bond motifs is 2. The zero-order valence-electron chi connectivity index (χ0n) is 15.6. The van der Waals surface area contributed by atoms with Crippen molar-refractivity contribution >= 4 is 17.2 Å². The zero-order valence-corrected chi connectivity index (χ0v) is 15.6. The molecule has 0 atom stereocenters. The van der Waals surface area contributed by atoms with E-state index < -0.39 is 0 Å². The molecule has 140 valence electrons. The molecule has 0 radical (unpaired) electrons. The van der Waals surface area contributed by atoms with E-state index in [1.165, 1.54) is 23.3 Å². The predicted octanol–water partition coefficient (Wildman–Crippen LogP) is 4.27. The molecular formula is C22H20FN5. The lowest BCUT2D eigenvalue weighted by Crippen LogP contribution is -2.26. The van der Waals surface area contributed by atoms with E-state index in [1.54, 1.807) is 22.8 Å². The maximum atomic E-state index is 13.2. The molecule has 0 bridgehead atoms. The van der Waals surface area contributed by atoms with Gasteiger partial charge in [-0.3, -0.25) is 0 Å². The first-order valence-electron chi connectivity index (χ1n) is 9.33. The lowest BCUT2D eigenvalue weighted by molar-refractivity contribution is 0.313. The maximum absolute atomic E-state index is 13.2. The number of hydrogen-bond acceptors (Lipinski definition) is 4. The summed E-state index contributed by atoms with van der Waals surface area (Å²) in [7, 11) is 2.14. The Balaban J connectivity index is 1.43. The van der Waals surface area contributed by atoms with Gasteiger partial charge in [-0.25, -0.2) is 13.9 Å². The van der Waals surface area contributed by atoms with Crippen LogP contribution in [0.2, 0.25) is 0 Å². The van der Waals surface area contributed by atoms with Gasteiger partial charge in [0.1, 0.15) is 5.82 Å². The van der Waals surface area contributed by atoms with Crippen molar-refractivity contribution < 1.29 is 4.39 Å². The highest BCUT2D eigenvalue weighted by Crippen LogP contribution is 2.27. The standard InChI is InChI=1S/C22H20FN5/c1-27-10-8-15-4-7-19(12-17(15)14-27)25-22-24-13-21-20(9-11-28(21)26-22)16-2-5-18(23)6-3-16/h2-7,9,11-13H,8,10,14H2,1H3,(H,25,26). The number of likely N-dealkylation sites (N-methyl/N-ethyl adjacent to an activating group) is 1. The first kappa shape index (κ1) is 16.9. The average Bonchev–Trinajstić information content (AvgIpc) is 3.11. The fourth-order valence-corrected chi connectivity index (χ4v) is 3.74. The Labute approximate surface area is 162 Å². The normalized spacial score (nSPS) is 14.2. The van der Waals surface area contributed by atoms with Crippen molar-refractivity contribution in [2.75, 3.05) is 18.9 Å². The molecule has 0 fully saturated rings. The van der Waals surface area contributed by atoms with Crippen LogP contribution in [0, 0.1) is 5.82 Å². The first-order chi connectivity index (χ1) is 13.7. The highest BCUT2D eigenvalue weighted by molar-refractivity contribution is 5.80. The first-order valence-corrected chi connectivity index (χ1v) is 9.33. The lowest BCUT2D eigenvalue weighted by Gasteiger charge is -2.25. The molecule has 0 spiro atoms. The second-order valence-electron chi connectivity index (χ2n) is 7.24. The summed E-state index contributed by atoms with van der Waals surface area (Å²) in [6, 6.07) is 14.9. The van der Waals surface area contributed by atoms with Crippen molar-refractivity contribution in [2.24, 2.45) is 0 Å². The van der Waals surface area contributed by atoms with E-state index >= 15 is 0 Å². The minimum Gasteiger partial charge on any atom is -0.323 e. The largest absolute Gasteiger partial charge is 0.323 e. The molecule has 1 aliphatic rings. The van der Waals surface area contributed by atoms with E-state index in [0.29, 0.717) is 5.95 Å². The van der Waals surface area contributed by atoms with Crippen molar-refractivity contribution in [2.45, 2.75) is 13.0 Å². The summed E-state index contributed by atoms with van der Waals surface area (Å²) in [4.78, 5) is 6.80. The quantitative estimate of drug-likeness (QED) is 0.583. The van der Waals surface area contributed by atoms with Crippen molar-refractivity contribution in [3.8, 4) is 11.1 Å². The van der Waals surface area contributed by atoms with Crippen LogP contribution >= 0.6 is 0 Å². The fourth-order valence-electron chi connectivity index (χ4n) is 3.74. The molecule has 2 aromatic carbocycles. The number of nitrogens with zero attached hydrogens (tertiary/aromatic N) is 4. The smallest absolute Gasteiger partial charge is 0.245 e. The molecule has 1 aliphatic heterocycles. The molecule has 28 heavy (non-hydrogen) atoms. The molecule has 4 aromatic rings. The van der Waals surface area contributed by atoms with Gasteiger partial charge in [-0.15, -0.1) is 5.10 Å². The van der Waals surface area contributed by atoms with Crippen LogP contribution in [-0.2, 0) is 13.0 Å². The molecule has 0 amide bonds. The molecule has 1 N–H and O–H groups in total.